The molecule has 0 saturated heterocycles. The Morgan fingerprint density at radius 2 is 2.21 bits per heavy atom. The van der Waals surface area contributed by atoms with Crippen molar-refractivity contribution in [1.29, 1.82) is 0 Å². The van der Waals surface area contributed by atoms with E-state index in [4.69, 9.17) is 16.3 Å². The molecule has 0 amide bonds. The number of hydrogen-bond acceptors (Lipinski definition) is 7. The molecule has 0 atom stereocenters. The molecule has 0 spiro atoms. The van der Waals surface area contributed by atoms with Crippen LogP contribution in [-0.2, 0) is 4.74 Å². The van der Waals surface area contributed by atoms with Gasteiger partial charge in [0.05, 0.1) is 0 Å². The van der Waals surface area contributed by atoms with Gasteiger partial charge < -0.3 is 10.1 Å². The molecule has 19 heavy (non-hydrogen) atoms. The second kappa shape index (κ2) is 6.95. The molecule has 0 aliphatic carbocycles. The van der Waals surface area contributed by atoms with E-state index in [1.54, 1.807) is 7.11 Å². The van der Waals surface area contributed by atoms with Crippen LogP contribution in [0.15, 0.2) is 12.7 Å². The third kappa shape index (κ3) is 4.11. The lowest BCUT2D eigenvalue weighted by Gasteiger charge is -2.06. The van der Waals surface area contributed by atoms with Crippen molar-refractivity contribution < 1.29 is 4.74 Å². The van der Waals surface area contributed by atoms with Gasteiger partial charge in [-0.05, 0) is 24.4 Å². The molecule has 0 bridgehead atoms. The van der Waals surface area contributed by atoms with E-state index >= 15 is 0 Å². The Labute approximate surface area is 115 Å². The molecule has 8 nitrogen and oxygen atoms in total. The summed E-state index contributed by atoms with van der Waals surface area (Å²) in [6.07, 6.45) is 4.82. The first-order valence-electron chi connectivity index (χ1n) is 5.79. The fourth-order valence-electron chi connectivity index (χ4n) is 1.40. The maximum atomic E-state index is 5.85. The van der Waals surface area contributed by atoms with Crippen LogP contribution in [0.1, 0.15) is 12.8 Å². The Hall–Kier alpha value is -1.80. The molecule has 2 aromatic heterocycles. The van der Waals surface area contributed by atoms with Crippen molar-refractivity contribution in [3.8, 4) is 5.95 Å². The summed E-state index contributed by atoms with van der Waals surface area (Å²) >= 11 is 5.85. The van der Waals surface area contributed by atoms with Crippen LogP contribution in [0.25, 0.3) is 5.95 Å². The first-order chi connectivity index (χ1) is 9.29. The number of hydrogen-bond donors (Lipinski definition) is 1. The monoisotopic (exact) mass is 283 g/mol. The normalized spacial score (nSPS) is 10.6. The van der Waals surface area contributed by atoms with Crippen molar-refractivity contribution in [1.82, 2.24) is 29.7 Å². The molecular weight excluding hydrogens is 270 g/mol. The highest BCUT2D eigenvalue weighted by molar-refractivity contribution is 6.28. The summed E-state index contributed by atoms with van der Waals surface area (Å²) in [7, 11) is 1.68. The highest BCUT2D eigenvalue weighted by atomic mass is 35.5. The number of anilines is 1. The SMILES string of the molecule is COCCCCNc1nc(Cl)nc(-n2cncn2)n1. The van der Waals surface area contributed by atoms with Gasteiger partial charge in [-0.3, -0.25) is 0 Å². The number of aromatic nitrogens is 6. The summed E-state index contributed by atoms with van der Waals surface area (Å²) in [5, 5.41) is 7.13. The Morgan fingerprint density at radius 3 is 2.95 bits per heavy atom. The molecule has 0 saturated carbocycles. The van der Waals surface area contributed by atoms with E-state index in [0.717, 1.165) is 26.0 Å². The van der Waals surface area contributed by atoms with Gasteiger partial charge in [-0.2, -0.15) is 24.7 Å². The van der Waals surface area contributed by atoms with Crippen molar-refractivity contribution in [3.05, 3.63) is 17.9 Å². The largest absolute Gasteiger partial charge is 0.385 e. The zero-order chi connectivity index (χ0) is 13.5. The van der Waals surface area contributed by atoms with Gasteiger partial charge >= 0.3 is 0 Å². The minimum Gasteiger partial charge on any atom is -0.385 e. The van der Waals surface area contributed by atoms with Crippen LogP contribution in [0.3, 0.4) is 0 Å². The Balaban J connectivity index is 1.97. The second-order valence-corrected chi connectivity index (χ2v) is 4.03. The molecule has 0 radical (unpaired) electrons. The van der Waals surface area contributed by atoms with Crippen LogP contribution in [-0.4, -0.2) is 50.0 Å². The number of rotatable bonds is 7. The van der Waals surface area contributed by atoms with Crippen LogP contribution in [0, 0.1) is 0 Å². The van der Waals surface area contributed by atoms with Gasteiger partial charge in [-0.25, -0.2) is 4.98 Å². The van der Waals surface area contributed by atoms with E-state index in [9.17, 15) is 0 Å². The highest BCUT2D eigenvalue weighted by Gasteiger charge is 2.06. The first kappa shape index (κ1) is 13.6. The van der Waals surface area contributed by atoms with Crippen LogP contribution in [0.5, 0.6) is 0 Å². The Morgan fingerprint density at radius 1 is 1.32 bits per heavy atom. The average molecular weight is 284 g/mol. The molecule has 2 heterocycles. The summed E-state index contributed by atoms with van der Waals surface area (Å²) < 4.78 is 6.39. The molecule has 102 valence electrons. The van der Waals surface area contributed by atoms with Gasteiger partial charge in [0.1, 0.15) is 12.7 Å². The zero-order valence-electron chi connectivity index (χ0n) is 10.5. The summed E-state index contributed by atoms with van der Waals surface area (Å²) in [5.74, 6) is 0.750. The van der Waals surface area contributed by atoms with Gasteiger partial charge in [0.2, 0.25) is 11.2 Å². The molecule has 1 N–H and O–H groups in total. The average Bonchev–Trinajstić information content (AvgIpc) is 2.92. The summed E-state index contributed by atoms with van der Waals surface area (Å²) in [6.45, 7) is 1.48. The van der Waals surface area contributed by atoms with Crippen molar-refractivity contribution in [2.24, 2.45) is 0 Å². The topological polar surface area (TPSA) is 90.6 Å². The first-order valence-corrected chi connectivity index (χ1v) is 6.17. The van der Waals surface area contributed by atoms with E-state index in [1.807, 2.05) is 0 Å². The summed E-state index contributed by atoms with van der Waals surface area (Å²) in [5.41, 5.74) is 0. The van der Waals surface area contributed by atoms with E-state index in [1.165, 1.54) is 17.3 Å². The van der Waals surface area contributed by atoms with Crippen LogP contribution in [0.4, 0.5) is 5.95 Å². The number of unbranched alkanes of at least 4 members (excludes halogenated alkanes) is 1. The molecule has 0 aromatic carbocycles. The molecule has 9 heteroatoms. The second-order valence-electron chi connectivity index (χ2n) is 3.69. The number of methoxy groups -OCH3 is 1. The lowest BCUT2D eigenvalue weighted by atomic mass is 10.3. The Bertz CT molecular complexity index is 505. The van der Waals surface area contributed by atoms with Gasteiger partial charge in [-0.1, -0.05) is 0 Å². The maximum Gasteiger partial charge on any atom is 0.258 e. The van der Waals surface area contributed by atoms with Crippen LogP contribution in [0.2, 0.25) is 5.28 Å². The predicted molar refractivity (Wildman–Crippen MR) is 69.4 cm³/mol. The van der Waals surface area contributed by atoms with Crippen molar-refractivity contribution in [2.45, 2.75) is 12.8 Å². The summed E-state index contributed by atoms with van der Waals surface area (Å²) in [6, 6.07) is 0. The fourth-order valence-corrected chi connectivity index (χ4v) is 1.56. The molecule has 2 rings (SSSR count). The number of nitrogens with one attached hydrogen (secondary N) is 1. The van der Waals surface area contributed by atoms with Gasteiger partial charge in [0.15, 0.2) is 0 Å². The van der Waals surface area contributed by atoms with E-state index in [2.05, 4.69) is 30.4 Å². The number of ether oxygens (including phenoxy) is 1. The zero-order valence-corrected chi connectivity index (χ0v) is 11.2. The lowest BCUT2D eigenvalue weighted by Crippen LogP contribution is -2.10. The van der Waals surface area contributed by atoms with Crippen LogP contribution < -0.4 is 5.32 Å². The minimum absolute atomic E-state index is 0.111. The minimum atomic E-state index is 0.111. The fraction of sp³-hybridized carbons (Fsp3) is 0.500. The third-order valence-corrected chi connectivity index (χ3v) is 2.45. The number of nitrogens with zero attached hydrogens (tertiary/aromatic N) is 6. The van der Waals surface area contributed by atoms with E-state index in [0.29, 0.717) is 11.9 Å². The lowest BCUT2D eigenvalue weighted by molar-refractivity contribution is 0.193. The van der Waals surface area contributed by atoms with Gasteiger partial charge in [0.25, 0.3) is 5.95 Å². The Kier molecular flexibility index (Phi) is 4.99. The predicted octanol–water partition coefficient (Wildman–Crippen LogP) is 0.944. The quantitative estimate of drug-likeness (QED) is 0.756. The molecule has 2 aromatic rings. The van der Waals surface area contributed by atoms with Gasteiger partial charge in [-0.15, -0.1) is 0 Å². The van der Waals surface area contributed by atoms with Gasteiger partial charge in [0, 0.05) is 20.3 Å². The highest BCUT2D eigenvalue weighted by Crippen LogP contribution is 2.08. The smallest absolute Gasteiger partial charge is 0.258 e. The molecular formula is C10H14ClN7O. The van der Waals surface area contributed by atoms with Crippen LogP contribution >= 0.6 is 11.6 Å². The third-order valence-electron chi connectivity index (χ3n) is 2.28. The molecule has 0 aliphatic heterocycles. The van der Waals surface area contributed by atoms with Crippen molar-refractivity contribution >= 4 is 17.5 Å². The molecule has 0 aliphatic rings. The van der Waals surface area contributed by atoms with E-state index < -0.39 is 0 Å². The van der Waals surface area contributed by atoms with E-state index in [-0.39, 0.29) is 5.28 Å². The number of halogens is 1. The summed E-state index contributed by atoms with van der Waals surface area (Å²) in [4.78, 5) is 16.0. The van der Waals surface area contributed by atoms with Crippen molar-refractivity contribution in [3.63, 3.8) is 0 Å². The molecule has 0 fully saturated rings. The van der Waals surface area contributed by atoms with Crippen molar-refractivity contribution in [2.75, 3.05) is 25.6 Å². The standard InChI is InChI=1S/C10H14ClN7O/c1-19-5-3-2-4-13-9-15-8(11)16-10(17-9)18-7-12-6-14-18/h6-7H,2-5H2,1H3,(H,13,15,16,17). The molecule has 0 unspecified atom stereocenters. The maximum absolute atomic E-state index is 5.85.